The van der Waals surface area contributed by atoms with Crippen LogP contribution in [0.5, 0.6) is 0 Å². The topological polar surface area (TPSA) is 53.0 Å². The molecule has 0 aromatic carbocycles. The standard InChI is InChI=1S/C13H24N2O3S/c1-18-8-5-15-4-2-3-13(17,12(15)16)11-14-6-9-19-10-7-14/h17H,2-11H2,1H3/t13-/m1/s1. The third-order valence-corrected chi connectivity index (χ3v) is 4.80. The van der Waals surface area contributed by atoms with E-state index in [9.17, 15) is 9.90 Å². The van der Waals surface area contributed by atoms with E-state index in [2.05, 4.69) is 4.90 Å². The van der Waals surface area contributed by atoms with Crippen LogP contribution in [0, 0.1) is 0 Å². The molecule has 2 aliphatic rings. The number of aliphatic hydroxyl groups is 1. The summed E-state index contributed by atoms with van der Waals surface area (Å²) in [5.41, 5.74) is -1.19. The van der Waals surface area contributed by atoms with Gasteiger partial charge in [-0.25, -0.2) is 0 Å². The summed E-state index contributed by atoms with van der Waals surface area (Å²) >= 11 is 1.94. The van der Waals surface area contributed by atoms with Crippen molar-refractivity contribution < 1.29 is 14.6 Å². The van der Waals surface area contributed by atoms with E-state index in [-0.39, 0.29) is 5.91 Å². The Kier molecular flexibility index (Phi) is 5.50. The van der Waals surface area contributed by atoms with Crippen molar-refractivity contribution in [2.45, 2.75) is 18.4 Å². The zero-order chi connectivity index (χ0) is 13.7. The van der Waals surface area contributed by atoms with Gasteiger partial charge in [0, 0.05) is 51.3 Å². The molecule has 1 N–H and O–H groups in total. The van der Waals surface area contributed by atoms with Crippen LogP contribution in [-0.2, 0) is 9.53 Å². The molecule has 5 nitrogen and oxygen atoms in total. The summed E-state index contributed by atoms with van der Waals surface area (Å²) in [6.07, 6.45) is 1.45. The summed E-state index contributed by atoms with van der Waals surface area (Å²) < 4.78 is 5.02. The molecule has 110 valence electrons. The van der Waals surface area contributed by atoms with Crippen LogP contribution in [0.3, 0.4) is 0 Å². The van der Waals surface area contributed by atoms with Gasteiger partial charge in [0.2, 0.25) is 0 Å². The van der Waals surface area contributed by atoms with E-state index < -0.39 is 5.60 Å². The van der Waals surface area contributed by atoms with Gasteiger partial charge < -0.3 is 14.7 Å². The molecule has 0 aliphatic carbocycles. The van der Waals surface area contributed by atoms with Crippen molar-refractivity contribution in [3.8, 4) is 0 Å². The van der Waals surface area contributed by atoms with E-state index in [4.69, 9.17) is 4.74 Å². The zero-order valence-corrected chi connectivity index (χ0v) is 12.5. The third-order valence-electron chi connectivity index (χ3n) is 3.86. The predicted molar refractivity (Wildman–Crippen MR) is 76.4 cm³/mol. The van der Waals surface area contributed by atoms with Crippen LogP contribution in [0.2, 0.25) is 0 Å². The number of β-amino-alcohol motifs (C(OH)–C–C–N with tert-alkyl or cyclic N) is 1. The van der Waals surface area contributed by atoms with Crippen LogP contribution in [0.25, 0.3) is 0 Å². The minimum Gasteiger partial charge on any atom is -0.383 e. The molecule has 2 heterocycles. The van der Waals surface area contributed by atoms with Gasteiger partial charge in [-0.2, -0.15) is 11.8 Å². The molecule has 2 rings (SSSR count). The first-order chi connectivity index (χ1) is 9.15. The molecule has 0 aromatic heterocycles. The Balaban J connectivity index is 1.93. The highest BCUT2D eigenvalue weighted by Crippen LogP contribution is 2.25. The minimum absolute atomic E-state index is 0.117. The highest BCUT2D eigenvalue weighted by molar-refractivity contribution is 7.99. The fourth-order valence-corrected chi connectivity index (χ4v) is 3.73. The highest BCUT2D eigenvalue weighted by Gasteiger charge is 2.43. The normalized spacial score (nSPS) is 29.8. The molecule has 19 heavy (non-hydrogen) atoms. The summed E-state index contributed by atoms with van der Waals surface area (Å²) in [7, 11) is 1.63. The maximum absolute atomic E-state index is 12.4. The van der Waals surface area contributed by atoms with Gasteiger partial charge in [-0.15, -0.1) is 0 Å². The molecule has 2 aliphatic heterocycles. The number of thioether (sulfide) groups is 1. The van der Waals surface area contributed by atoms with Gasteiger partial charge in [-0.1, -0.05) is 0 Å². The lowest BCUT2D eigenvalue weighted by Gasteiger charge is -2.41. The summed E-state index contributed by atoms with van der Waals surface area (Å²) in [6.45, 7) is 4.27. The van der Waals surface area contributed by atoms with Gasteiger partial charge in [-0.05, 0) is 12.8 Å². The van der Waals surface area contributed by atoms with Crippen LogP contribution in [0.4, 0.5) is 0 Å². The Bertz CT molecular complexity index is 310. The monoisotopic (exact) mass is 288 g/mol. The van der Waals surface area contributed by atoms with E-state index in [1.165, 1.54) is 0 Å². The van der Waals surface area contributed by atoms with Crippen molar-refractivity contribution >= 4 is 17.7 Å². The van der Waals surface area contributed by atoms with Crippen molar-refractivity contribution in [3.63, 3.8) is 0 Å². The Morgan fingerprint density at radius 1 is 1.37 bits per heavy atom. The molecule has 0 aromatic rings. The number of carbonyl (C=O) groups is 1. The van der Waals surface area contributed by atoms with Gasteiger partial charge in [0.05, 0.1) is 6.61 Å². The van der Waals surface area contributed by atoms with Crippen LogP contribution in [0.1, 0.15) is 12.8 Å². The SMILES string of the molecule is COCCN1CCC[C@@](O)(CN2CCSCC2)C1=O. The molecule has 0 saturated carbocycles. The van der Waals surface area contributed by atoms with Gasteiger partial charge in [0.1, 0.15) is 0 Å². The van der Waals surface area contributed by atoms with Crippen LogP contribution >= 0.6 is 11.8 Å². The fraction of sp³-hybridized carbons (Fsp3) is 0.923. The van der Waals surface area contributed by atoms with Crippen LogP contribution < -0.4 is 0 Å². The number of likely N-dealkylation sites (tertiary alicyclic amines) is 1. The van der Waals surface area contributed by atoms with Crippen molar-refractivity contribution in [2.24, 2.45) is 0 Å². The number of hydrogen-bond donors (Lipinski definition) is 1. The minimum atomic E-state index is -1.19. The molecule has 1 amide bonds. The maximum Gasteiger partial charge on any atom is 0.255 e. The largest absolute Gasteiger partial charge is 0.383 e. The first-order valence-electron chi connectivity index (χ1n) is 6.96. The molecule has 0 radical (unpaired) electrons. The maximum atomic E-state index is 12.4. The van der Waals surface area contributed by atoms with Gasteiger partial charge in [0.25, 0.3) is 5.91 Å². The second kappa shape index (κ2) is 6.92. The van der Waals surface area contributed by atoms with Crippen molar-refractivity contribution in [2.75, 3.05) is 57.9 Å². The number of methoxy groups -OCH3 is 1. The number of nitrogens with zero attached hydrogens (tertiary/aromatic N) is 2. The molecule has 2 saturated heterocycles. The summed E-state index contributed by atoms with van der Waals surface area (Å²) in [5, 5.41) is 10.7. The lowest BCUT2D eigenvalue weighted by molar-refractivity contribution is -0.160. The molecule has 2 fully saturated rings. The van der Waals surface area contributed by atoms with Crippen molar-refractivity contribution in [3.05, 3.63) is 0 Å². The van der Waals surface area contributed by atoms with Crippen molar-refractivity contribution in [1.82, 2.24) is 9.80 Å². The summed E-state index contributed by atoms with van der Waals surface area (Å²) in [5.74, 6) is 2.07. The van der Waals surface area contributed by atoms with Crippen molar-refractivity contribution in [1.29, 1.82) is 0 Å². The number of piperidine rings is 1. The number of carbonyl (C=O) groups excluding carboxylic acids is 1. The molecule has 6 heteroatoms. The van der Waals surface area contributed by atoms with Gasteiger partial charge in [-0.3, -0.25) is 9.69 Å². The van der Waals surface area contributed by atoms with Gasteiger partial charge >= 0.3 is 0 Å². The first-order valence-corrected chi connectivity index (χ1v) is 8.12. The average molecular weight is 288 g/mol. The van der Waals surface area contributed by atoms with Crippen LogP contribution in [-0.4, -0.2) is 84.4 Å². The average Bonchev–Trinajstić information content (AvgIpc) is 2.42. The lowest BCUT2D eigenvalue weighted by Crippen LogP contribution is -2.59. The molecule has 0 bridgehead atoms. The Hall–Kier alpha value is -0.300. The number of amides is 1. The van der Waals surface area contributed by atoms with Gasteiger partial charge in [0.15, 0.2) is 5.60 Å². The van der Waals surface area contributed by atoms with E-state index in [1.54, 1.807) is 12.0 Å². The molecule has 0 spiro atoms. The Labute approximate surface area is 119 Å². The second-order valence-electron chi connectivity index (χ2n) is 5.31. The zero-order valence-electron chi connectivity index (χ0n) is 11.6. The van der Waals surface area contributed by atoms with Crippen LogP contribution in [0.15, 0.2) is 0 Å². The predicted octanol–water partition coefficient (Wildman–Crippen LogP) is 0.0351. The molecular weight excluding hydrogens is 264 g/mol. The smallest absolute Gasteiger partial charge is 0.255 e. The number of rotatable bonds is 5. The molecule has 1 atom stereocenters. The van der Waals surface area contributed by atoms with E-state index in [1.807, 2.05) is 11.8 Å². The molecular formula is C13H24N2O3S. The third kappa shape index (κ3) is 3.84. The Morgan fingerprint density at radius 3 is 2.79 bits per heavy atom. The summed E-state index contributed by atoms with van der Waals surface area (Å²) in [6, 6.07) is 0. The number of ether oxygens (including phenoxy) is 1. The quantitative estimate of drug-likeness (QED) is 0.774. The van der Waals surface area contributed by atoms with E-state index in [0.717, 1.165) is 37.6 Å². The fourth-order valence-electron chi connectivity index (χ4n) is 2.76. The highest BCUT2D eigenvalue weighted by atomic mass is 32.2. The number of hydrogen-bond acceptors (Lipinski definition) is 5. The molecule has 0 unspecified atom stereocenters. The lowest BCUT2D eigenvalue weighted by atomic mass is 9.91. The Morgan fingerprint density at radius 2 is 2.11 bits per heavy atom. The second-order valence-corrected chi connectivity index (χ2v) is 6.53. The first kappa shape index (κ1) is 15.1. The summed E-state index contributed by atoms with van der Waals surface area (Å²) in [4.78, 5) is 16.4. The van der Waals surface area contributed by atoms with E-state index in [0.29, 0.717) is 26.1 Å². The van der Waals surface area contributed by atoms with E-state index >= 15 is 0 Å².